The second-order valence-corrected chi connectivity index (χ2v) is 13.6. The van der Waals surface area contributed by atoms with Crippen LogP contribution in [0.4, 0.5) is 13.2 Å². The van der Waals surface area contributed by atoms with Crippen molar-refractivity contribution in [1.29, 1.82) is 0 Å². The molecular formula is C20H28ClF3N2O6S2. The number of hydrogen-bond acceptors (Lipinski definition) is 6. The normalized spacial score (nSPS) is 17.6. The maximum absolute atomic E-state index is 13.3. The van der Waals surface area contributed by atoms with Gasteiger partial charge >= 0.3 is 21.5 Å². The zero-order valence-electron chi connectivity index (χ0n) is 19.4. The average molecular weight is 549 g/mol. The first-order valence-electron chi connectivity index (χ1n) is 10.3. The van der Waals surface area contributed by atoms with Crippen LogP contribution in [0.15, 0.2) is 23.1 Å². The van der Waals surface area contributed by atoms with Gasteiger partial charge in [0.05, 0.1) is 10.5 Å². The molecule has 8 nitrogen and oxygen atoms in total. The molecule has 1 aromatic rings. The van der Waals surface area contributed by atoms with Crippen molar-refractivity contribution in [2.75, 3.05) is 13.1 Å². The summed E-state index contributed by atoms with van der Waals surface area (Å²) >= 11 is 5.97. The van der Waals surface area contributed by atoms with Gasteiger partial charge < -0.3 is 4.74 Å². The van der Waals surface area contributed by atoms with Crippen LogP contribution in [-0.2, 0) is 24.8 Å². The van der Waals surface area contributed by atoms with Crippen LogP contribution in [-0.4, -0.2) is 56.8 Å². The highest BCUT2D eigenvalue weighted by Crippen LogP contribution is 2.34. The van der Waals surface area contributed by atoms with Gasteiger partial charge in [-0.2, -0.15) is 17.5 Å². The third-order valence-electron chi connectivity index (χ3n) is 5.35. The number of alkyl halides is 3. The Hall–Kier alpha value is -1.41. The van der Waals surface area contributed by atoms with Crippen molar-refractivity contribution >= 4 is 37.6 Å². The minimum atomic E-state index is -5.57. The highest BCUT2D eigenvalue weighted by molar-refractivity contribution is 7.90. The van der Waals surface area contributed by atoms with Crippen LogP contribution in [0.25, 0.3) is 0 Å². The van der Waals surface area contributed by atoms with Gasteiger partial charge in [-0.15, -0.1) is 0 Å². The van der Waals surface area contributed by atoms with E-state index in [1.54, 1.807) is 25.5 Å². The summed E-state index contributed by atoms with van der Waals surface area (Å²) in [4.78, 5) is 12.3. The van der Waals surface area contributed by atoms with Gasteiger partial charge in [-0.25, -0.2) is 26.4 Å². The minimum Gasteiger partial charge on any atom is -0.456 e. The van der Waals surface area contributed by atoms with Gasteiger partial charge in [0.25, 0.3) is 0 Å². The molecule has 1 aliphatic heterocycles. The van der Waals surface area contributed by atoms with Crippen LogP contribution in [0.2, 0.25) is 5.02 Å². The molecule has 1 heterocycles. The molecule has 0 atom stereocenters. The second-order valence-electron chi connectivity index (χ2n) is 9.59. The third kappa shape index (κ3) is 6.62. The first-order chi connectivity index (χ1) is 15.2. The molecule has 0 aliphatic carbocycles. The molecule has 0 aromatic heterocycles. The molecule has 14 heteroatoms. The fraction of sp³-hybridized carbons (Fsp3) is 0.650. The van der Waals surface area contributed by atoms with Crippen molar-refractivity contribution < 1.29 is 39.5 Å². The molecule has 1 fully saturated rings. The third-order valence-corrected chi connectivity index (χ3v) is 8.95. The number of sulfonamides is 2. The zero-order chi connectivity index (χ0) is 26.3. The summed E-state index contributed by atoms with van der Waals surface area (Å²) in [5, 5.41) is 0.136. The lowest BCUT2D eigenvalue weighted by Crippen LogP contribution is -2.55. The molecule has 34 heavy (non-hydrogen) atoms. The number of carbonyl (C=O) groups is 1. The number of nitrogens with zero attached hydrogens (tertiary/aromatic N) is 1. The predicted octanol–water partition coefficient (Wildman–Crippen LogP) is 3.91. The summed E-state index contributed by atoms with van der Waals surface area (Å²) in [7, 11) is -9.75. The number of rotatable bonds is 6. The van der Waals surface area contributed by atoms with Gasteiger partial charge in [-0.1, -0.05) is 11.6 Å². The molecule has 1 aromatic carbocycles. The number of esters is 1. The Bertz CT molecular complexity index is 1140. The van der Waals surface area contributed by atoms with Crippen molar-refractivity contribution in [2.24, 2.45) is 5.92 Å². The van der Waals surface area contributed by atoms with Crippen LogP contribution in [0.3, 0.4) is 0 Å². The maximum Gasteiger partial charge on any atom is 0.511 e. The number of hydrogen-bond donors (Lipinski definition) is 1. The molecule has 2 rings (SSSR count). The van der Waals surface area contributed by atoms with E-state index in [9.17, 15) is 34.8 Å². The quantitative estimate of drug-likeness (QED) is 0.540. The lowest BCUT2D eigenvalue weighted by atomic mass is 9.82. The van der Waals surface area contributed by atoms with Gasteiger partial charge in [0, 0.05) is 23.7 Å². The van der Waals surface area contributed by atoms with Crippen molar-refractivity contribution in [1.82, 2.24) is 9.03 Å². The van der Waals surface area contributed by atoms with E-state index < -0.39 is 48.6 Å². The fourth-order valence-electron chi connectivity index (χ4n) is 3.66. The first-order valence-corrected chi connectivity index (χ1v) is 13.6. The summed E-state index contributed by atoms with van der Waals surface area (Å²) in [5.74, 6) is -1.43. The van der Waals surface area contributed by atoms with Gasteiger partial charge in [-0.3, -0.25) is 0 Å². The predicted molar refractivity (Wildman–Crippen MR) is 120 cm³/mol. The van der Waals surface area contributed by atoms with Gasteiger partial charge in [0.15, 0.2) is 0 Å². The number of piperidine rings is 1. The van der Waals surface area contributed by atoms with E-state index in [0.717, 1.165) is 4.31 Å². The molecule has 0 amide bonds. The standard InChI is InChI=1S/C20H28ClF3N2O6S2/c1-18(2,3)32-17(27)15-12-14(21)6-7-16(15)33(28,29)26-10-8-13(9-11-26)19(4,5)25-34(30,31)20(22,23)24/h6-7,12-13,25H,8-11H2,1-5H3. The number of carbonyl (C=O) groups excluding carboxylic acids is 1. The molecule has 0 unspecified atom stereocenters. The number of benzene rings is 1. The minimum absolute atomic E-state index is 0.0828. The Morgan fingerprint density at radius 2 is 1.59 bits per heavy atom. The summed E-state index contributed by atoms with van der Waals surface area (Å²) in [6, 6.07) is 3.72. The molecule has 1 N–H and O–H groups in total. The smallest absolute Gasteiger partial charge is 0.456 e. The number of halogens is 4. The SMILES string of the molecule is CC(C)(C)OC(=O)c1cc(Cl)ccc1S(=O)(=O)N1CCC(C(C)(C)NS(=O)(=O)C(F)(F)F)CC1. The lowest BCUT2D eigenvalue weighted by molar-refractivity contribution is -0.0460. The first kappa shape index (κ1) is 28.8. The van der Waals surface area contributed by atoms with Crippen molar-refractivity contribution in [3.8, 4) is 0 Å². The molecule has 0 bridgehead atoms. The van der Waals surface area contributed by atoms with E-state index in [2.05, 4.69) is 0 Å². The lowest BCUT2D eigenvalue weighted by Gasteiger charge is -2.40. The van der Waals surface area contributed by atoms with E-state index in [1.807, 2.05) is 0 Å². The zero-order valence-corrected chi connectivity index (χ0v) is 21.8. The van der Waals surface area contributed by atoms with E-state index >= 15 is 0 Å². The Labute approximate surface area is 202 Å². The Morgan fingerprint density at radius 1 is 1.06 bits per heavy atom. The van der Waals surface area contributed by atoms with E-state index in [1.165, 1.54) is 32.0 Å². The molecule has 0 spiro atoms. The highest BCUT2D eigenvalue weighted by atomic mass is 35.5. The Balaban J connectivity index is 2.25. The largest absolute Gasteiger partial charge is 0.511 e. The summed E-state index contributed by atoms with van der Waals surface area (Å²) in [6.45, 7) is 7.37. The van der Waals surface area contributed by atoms with E-state index in [-0.39, 0.29) is 41.4 Å². The maximum atomic E-state index is 13.3. The molecule has 1 saturated heterocycles. The fourth-order valence-corrected chi connectivity index (χ4v) is 6.44. The molecule has 0 saturated carbocycles. The van der Waals surface area contributed by atoms with Crippen molar-refractivity contribution in [3.05, 3.63) is 28.8 Å². The van der Waals surface area contributed by atoms with Gasteiger partial charge in [0.1, 0.15) is 5.60 Å². The van der Waals surface area contributed by atoms with Crippen LogP contribution in [0, 0.1) is 5.92 Å². The monoisotopic (exact) mass is 548 g/mol. The Kier molecular flexibility index (Phi) is 8.11. The van der Waals surface area contributed by atoms with Crippen LogP contribution in [0.5, 0.6) is 0 Å². The molecule has 194 valence electrons. The van der Waals surface area contributed by atoms with Gasteiger partial charge in [-0.05, 0) is 71.6 Å². The van der Waals surface area contributed by atoms with Crippen LogP contribution in [0.1, 0.15) is 57.8 Å². The molecular weight excluding hydrogens is 521 g/mol. The molecule has 0 radical (unpaired) electrons. The summed E-state index contributed by atoms with van der Waals surface area (Å²) < 4.78 is 96.2. The summed E-state index contributed by atoms with van der Waals surface area (Å²) in [6.07, 6.45) is 0.198. The second kappa shape index (κ2) is 9.57. The van der Waals surface area contributed by atoms with Crippen LogP contribution >= 0.6 is 11.6 Å². The van der Waals surface area contributed by atoms with E-state index in [4.69, 9.17) is 16.3 Å². The number of ether oxygens (including phenoxy) is 1. The van der Waals surface area contributed by atoms with Crippen molar-refractivity contribution in [2.45, 2.75) is 69.0 Å². The van der Waals surface area contributed by atoms with Gasteiger partial charge in [0.2, 0.25) is 10.0 Å². The average Bonchev–Trinajstić information content (AvgIpc) is 2.64. The number of nitrogens with one attached hydrogen (secondary N) is 1. The van der Waals surface area contributed by atoms with E-state index in [0.29, 0.717) is 0 Å². The Morgan fingerprint density at radius 3 is 2.06 bits per heavy atom. The highest BCUT2D eigenvalue weighted by Gasteiger charge is 2.50. The van der Waals surface area contributed by atoms with Crippen LogP contribution < -0.4 is 4.72 Å². The molecule has 1 aliphatic rings. The topological polar surface area (TPSA) is 110 Å². The summed E-state index contributed by atoms with van der Waals surface area (Å²) in [5.41, 5.74) is -8.04. The van der Waals surface area contributed by atoms with Crippen molar-refractivity contribution in [3.63, 3.8) is 0 Å².